The summed E-state index contributed by atoms with van der Waals surface area (Å²) in [4.78, 5) is 17.2. The van der Waals surface area contributed by atoms with E-state index >= 15 is 0 Å². The number of aliphatic hydroxyl groups excluding tert-OH is 1. The number of nitrogens with one attached hydrogen (secondary N) is 1. The third-order valence-electron chi connectivity index (χ3n) is 4.26. The molecule has 1 amide bonds. The van der Waals surface area contributed by atoms with Gasteiger partial charge in [-0.15, -0.1) is 16.4 Å². The maximum absolute atomic E-state index is 13.1. The Bertz CT molecular complexity index is 1140. The number of aromatic nitrogens is 3. The van der Waals surface area contributed by atoms with Crippen molar-refractivity contribution in [2.75, 3.05) is 12.3 Å². The summed E-state index contributed by atoms with van der Waals surface area (Å²) in [5, 5.41) is 18.3. The number of carbonyl (C=O) groups is 1. The first-order valence-corrected chi connectivity index (χ1v) is 9.29. The predicted octanol–water partition coefficient (Wildman–Crippen LogP) is 2.64. The summed E-state index contributed by atoms with van der Waals surface area (Å²) < 4.78 is 14.7. The summed E-state index contributed by atoms with van der Waals surface area (Å²) >= 11 is 1.29. The van der Waals surface area contributed by atoms with Gasteiger partial charge in [-0.2, -0.15) is 4.98 Å². The lowest BCUT2D eigenvalue weighted by Gasteiger charge is -2.16. The van der Waals surface area contributed by atoms with Crippen molar-refractivity contribution >= 4 is 28.8 Å². The first kappa shape index (κ1) is 18.1. The lowest BCUT2D eigenvalue weighted by molar-refractivity contribution is 0.0920. The molecule has 3 heterocycles. The monoisotopic (exact) mass is 397 g/mol. The van der Waals surface area contributed by atoms with Crippen molar-refractivity contribution in [3.05, 3.63) is 70.3 Å². The normalized spacial score (nSPS) is 12.2. The number of anilines is 1. The van der Waals surface area contributed by atoms with E-state index in [0.717, 1.165) is 11.1 Å². The molecule has 9 heteroatoms. The Morgan fingerprint density at radius 2 is 2.04 bits per heavy atom. The Morgan fingerprint density at radius 1 is 1.25 bits per heavy atom. The minimum absolute atomic E-state index is 0.193. The molecule has 1 unspecified atom stereocenters. The predicted molar refractivity (Wildman–Crippen MR) is 104 cm³/mol. The molecule has 4 rings (SSSR count). The standard InChI is InChI=1S/C19H16FN5O2S/c20-14-4-1-11(2-5-14)15(9-26)22-18(27)16-7-13(10-28-16)12-3-6-17-23-19(21)24-25(17)8-12/h1-8,10,15,26H,9H2,(H2,21,24)(H,22,27). The van der Waals surface area contributed by atoms with Crippen molar-refractivity contribution in [2.24, 2.45) is 0 Å². The molecule has 1 aromatic carbocycles. The summed E-state index contributed by atoms with van der Waals surface area (Å²) in [6.07, 6.45) is 1.79. The van der Waals surface area contributed by atoms with Gasteiger partial charge in [0.25, 0.3) is 5.91 Å². The van der Waals surface area contributed by atoms with E-state index in [2.05, 4.69) is 15.4 Å². The second-order valence-corrected chi connectivity index (χ2v) is 7.06. The molecular weight excluding hydrogens is 381 g/mol. The highest BCUT2D eigenvalue weighted by molar-refractivity contribution is 7.12. The Labute approximate surface area is 163 Å². The third kappa shape index (κ3) is 3.57. The molecule has 28 heavy (non-hydrogen) atoms. The van der Waals surface area contributed by atoms with E-state index in [1.165, 1.54) is 35.6 Å². The van der Waals surface area contributed by atoms with Crippen LogP contribution in [0.1, 0.15) is 21.3 Å². The van der Waals surface area contributed by atoms with Crippen LogP contribution in [0.25, 0.3) is 16.8 Å². The molecule has 3 aromatic heterocycles. The van der Waals surface area contributed by atoms with Crippen LogP contribution in [0.5, 0.6) is 0 Å². The van der Waals surface area contributed by atoms with Gasteiger partial charge in [0.1, 0.15) is 5.82 Å². The van der Waals surface area contributed by atoms with Gasteiger partial charge in [0, 0.05) is 11.8 Å². The fraction of sp³-hybridized carbons (Fsp3) is 0.105. The molecule has 142 valence electrons. The summed E-state index contributed by atoms with van der Waals surface area (Å²) in [7, 11) is 0. The lowest BCUT2D eigenvalue weighted by atomic mass is 10.1. The molecule has 0 aliphatic rings. The van der Waals surface area contributed by atoms with Crippen LogP contribution in [0, 0.1) is 5.82 Å². The molecule has 0 aliphatic heterocycles. The van der Waals surface area contributed by atoms with Gasteiger partial charge in [-0.1, -0.05) is 12.1 Å². The molecule has 0 fully saturated rings. The van der Waals surface area contributed by atoms with E-state index in [9.17, 15) is 14.3 Å². The number of pyridine rings is 1. The van der Waals surface area contributed by atoms with E-state index in [1.54, 1.807) is 22.8 Å². The minimum Gasteiger partial charge on any atom is -0.394 e. The van der Waals surface area contributed by atoms with E-state index in [0.29, 0.717) is 16.1 Å². The van der Waals surface area contributed by atoms with Crippen LogP contribution in [0.4, 0.5) is 10.3 Å². The first-order chi connectivity index (χ1) is 13.5. The minimum atomic E-state index is -0.617. The number of nitrogen functional groups attached to an aromatic ring is 1. The van der Waals surface area contributed by atoms with Gasteiger partial charge in [-0.3, -0.25) is 4.79 Å². The number of nitrogens with two attached hydrogens (primary N) is 1. The summed E-state index contributed by atoms with van der Waals surface area (Å²) in [5.41, 5.74) is 8.59. The quantitative estimate of drug-likeness (QED) is 0.480. The number of nitrogens with zero attached hydrogens (tertiary/aromatic N) is 3. The van der Waals surface area contributed by atoms with Crippen LogP contribution in [-0.2, 0) is 0 Å². The van der Waals surface area contributed by atoms with Crippen LogP contribution < -0.4 is 11.1 Å². The number of amides is 1. The zero-order valence-corrected chi connectivity index (χ0v) is 15.4. The Morgan fingerprint density at radius 3 is 2.79 bits per heavy atom. The van der Waals surface area contributed by atoms with Crippen molar-refractivity contribution < 1.29 is 14.3 Å². The highest BCUT2D eigenvalue weighted by atomic mass is 32.1. The van der Waals surface area contributed by atoms with E-state index in [1.807, 2.05) is 11.4 Å². The molecule has 0 saturated carbocycles. The number of halogens is 1. The molecule has 4 aromatic rings. The average molecular weight is 397 g/mol. The van der Waals surface area contributed by atoms with Crippen molar-refractivity contribution in [2.45, 2.75) is 6.04 Å². The summed E-state index contributed by atoms with van der Waals surface area (Å²) in [6, 6.07) is 10.5. The largest absolute Gasteiger partial charge is 0.394 e. The number of thiophene rings is 1. The molecule has 0 bridgehead atoms. The molecular formula is C19H16FN5O2S. The van der Waals surface area contributed by atoms with Crippen LogP contribution in [0.3, 0.4) is 0 Å². The summed E-state index contributed by atoms with van der Waals surface area (Å²) in [5.74, 6) is -0.496. The number of fused-ring (bicyclic) bond motifs is 1. The van der Waals surface area contributed by atoms with Crippen LogP contribution in [0.2, 0.25) is 0 Å². The van der Waals surface area contributed by atoms with Crippen LogP contribution in [-0.4, -0.2) is 32.2 Å². The van der Waals surface area contributed by atoms with E-state index < -0.39 is 6.04 Å². The fourth-order valence-electron chi connectivity index (χ4n) is 2.84. The Hall–Kier alpha value is -3.30. The Balaban J connectivity index is 1.53. The van der Waals surface area contributed by atoms with Gasteiger partial charge < -0.3 is 16.2 Å². The van der Waals surface area contributed by atoms with Gasteiger partial charge in [0.2, 0.25) is 5.95 Å². The van der Waals surface area contributed by atoms with Crippen LogP contribution in [0.15, 0.2) is 54.0 Å². The van der Waals surface area contributed by atoms with Gasteiger partial charge in [0.05, 0.1) is 17.5 Å². The summed E-state index contributed by atoms with van der Waals surface area (Å²) in [6.45, 7) is -0.292. The zero-order chi connectivity index (χ0) is 19.7. The molecule has 1 atom stereocenters. The first-order valence-electron chi connectivity index (χ1n) is 8.41. The van der Waals surface area contributed by atoms with Crippen molar-refractivity contribution in [3.63, 3.8) is 0 Å². The van der Waals surface area contributed by atoms with Crippen LogP contribution >= 0.6 is 11.3 Å². The number of hydrogen-bond donors (Lipinski definition) is 3. The van der Waals surface area contributed by atoms with Gasteiger partial charge in [-0.25, -0.2) is 8.91 Å². The zero-order valence-electron chi connectivity index (χ0n) is 14.5. The number of rotatable bonds is 5. The van der Waals surface area contributed by atoms with E-state index in [-0.39, 0.29) is 24.3 Å². The number of hydrogen-bond acceptors (Lipinski definition) is 6. The molecule has 0 spiro atoms. The Kier molecular flexibility index (Phi) is 4.76. The number of benzene rings is 1. The molecule has 0 saturated heterocycles. The van der Waals surface area contributed by atoms with E-state index in [4.69, 9.17) is 5.73 Å². The molecule has 7 nitrogen and oxygen atoms in total. The SMILES string of the molecule is Nc1nc2ccc(-c3csc(C(=O)NC(CO)c4ccc(F)cc4)c3)cn2n1. The number of aliphatic hydroxyl groups is 1. The molecule has 4 N–H and O–H groups in total. The maximum Gasteiger partial charge on any atom is 0.261 e. The smallest absolute Gasteiger partial charge is 0.261 e. The highest BCUT2D eigenvalue weighted by Crippen LogP contribution is 2.26. The highest BCUT2D eigenvalue weighted by Gasteiger charge is 2.17. The van der Waals surface area contributed by atoms with Crippen molar-refractivity contribution in [1.29, 1.82) is 0 Å². The second-order valence-electron chi connectivity index (χ2n) is 6.15. The van der Waals surface area contributed by atoms with Gasteiger partial charge in [-0.05, 0) is 46.8 Å². The van der Waals surface area contributed by atoms with Crippen molar-refractivity contribution in [1.82, 2.24) is 19.9 Å². The molecule has 0 aliphatic carbocycles. The number of carbonyl (C=O) groups excluding carboxylic acids is 1. The fourth-order valence-corrected chi connectivity index (χ4v) is 3.66. The van der Waals surface area contributed by atoms with Gasteiger partial charge in [0.15, 0.2) is 5.65 Å². The average Bonchev–Trinajstić information content (AvgIpc) is 3.32. The van der Waals surface area contributed by atoms with Gasteiger partial charge >= 0.3 is 0 Å². The molecule has 0 radical (unpaired) electrons. The second kappa shape index (κ2) is 7.37. The lowest BCUT2D eigenvalue weighted by Crippen LogP contribution is -2.30. The maximum atomic E-state index is 13.1. The van der Waals surface area contributed by atoms with Crippen molar-refractivity contribution in [3.8, 4) is 11.1 Å². The topological polar surface area (TPSA) is 106 Å². The third-order valence-corrected chi connectivity index (χ3v) is 5.19.